The van der Waals surface area contributed by atoms with E-state index in [0.29, 0.717) is 19.0 Å². The molecule has 5 nitrogen and oxygen atoms in total. The number of urea groups is 1. The quantitative estimate of drug-likeness (QED) is 0.625. The van der Waals surface area contributed by atoms with Gasteiger partial charge in [-0.15, -0.1) is 0 Å². The van der Waals surface area contributed by atoms with Crippen molar-refractivity contribution in [2.45, 2.75) is 45.1 Å². The molecule has 22 heavy (non-hydrogen) atoms. The van der Waals surface area contributed by atoms with Gasteiger partial charge in [0, 0.05) is 6.54 Å². The molecule has 1 atom stereocenters. The molecule has 1 aromatic carbocycles. The lowest BCUT2D eigenvalue weighted by Crippen LogP contribution is -2.41. The summed E-state index contributed by atoms with van der Waals surface area (Å²) in [6.07, 6.45) is 1.54. The van der Waals surface area contributed by atoms with Gasteiger partial charge < -0.3 is 11.1 Å². The molecular formula is C17H25N3O2. The van der Waals surface area contributed by atoms with Crippen molar-refractivity contribution in [2.75, 3.05) is 13.1 Å². The summed E-state index contributed by atoms with van der Waals surface area (Å²) in [7, 11) is 0. The Morgan fingerprint density at radius 1 is 1.18 bits per heavy atom. The molecule has 3 amide bonds. The van der Waals surface area contributed by atoms with Crippen LogP contribution < -0.4 is 11.1 Å². The first kappa shape index (κ1) is 16.5. The number of imide groups is 1. The standard InChI is InChI=1S/C17H25N3O2/c1-12(2)13-6-8-14(9-7-13)17(3)15(21)20(16(22)19-17)11-5-4-10-18/h6-9,12H,4-5,10-11,18H2,1-3H3,(H,19,22). The van der Waals surface area contributed by atoms with Crippen LogP contribution in [0.2, 0.25) is 0 Å². The molecule has 0 radical (unpaired) electrons. The Labute approximate surface area is 131 Å². The van der Waals surface area contributed by atoms with Crippen molar-refractivity contribution in [1.82, 2.24) is 10.2 Å². The van der Waals surface area contributed by atoms with E-state index >= 15 is 0 Å². The molecule has 0 aliphatic carbocycles. The number of hydrogen-bond donors (Lipinski definition) is 2. The van der Waals surface area contributed by atoms with Crippen LogP contribution in [0.25, 0.3) is 0 Å². The van der Waals surface area contributed by atoms with E-state index < -0.39 is 5.54 Å². The second-order valence-corrected chi connectivity index (χ2v) is 6.28. The Bertz CT molecular complexity index is 554. The average molecular weight is 303 g/mol. The van der Waals surface area contributed by atoms with Gasteiger partial charge in [-0.25, -0.2) is 4.79 Å². The van der Waals surface area contributed by atoms with E-state index in [0.717, 1.165) is 18.4 Å². The van der Waals surface area contributed by atoms with Gasteiger partial charge in [0.05, 0.1) is 0 Å². The lowest BCUT2D eigenvalue weighted by molar-refractivity contribution is -0.131. The van der Waals surface area contributed by atoms with Crippen LogP contribution in [-0.2, 0) is 10.3 Å². The van der Waals surface area contributed by atoms with Gasteiger partial charge in [-0.1, -0.05) is 38.1 Å². The molecule has 1 aromatic rings. The number of benzene rings is 1. The zero-order chi connectivity index (χ0) is 16.3. The summed E-state index contributed by atoms with van der Waals surface area (Å²) in [5.41, 5.74) is 6.51. The Morgan fingerprint density at radius 2 is 1.82 bits per heavy atom. The highest BCUT2D eigenvalue weighted by Crippen LogP contribution is 2.30. The van der Waals surface area contributed by atoms with Crippen molar-refractivity contribution in [1.29, 1.82) is 0 Å². The topological polar surface area (TPSA) is 75.4 Å². The molecule has 1 unspecified atom stereocenters. The maximum atomic E-state index is 12.7. The van der Waals surface area contributed by atoms with Crippen LogP contribution in [-0.4, -0.2) is 29.9 Å². The molecule has 1 saturated heterocycles. The zero-order valence-electron chi connectivity index (χ0n) is 13.6. The first-order valence-corrected chi connectivity index (χ1v) is 7.84. The van der Waals surface area contributed by atoms with Crippen molar-refractivity contribution < 1.29 is 9.59 Å². The predicted molar refractivity (Wildman–Crippen MR) is 86.4 cm³/mol. The summed E-state index contributed by atoms with van der Waals surface area (Å²) in [5, 5.41) is 2.83. The molecule has 0 saturated carbocycles. The maximum absolute atomic E-state index is 12.7. The van der Waals surface area contributed by atoms with E-state index in [2.05, 4.69) is 19.2 Å². The maximum Gasteiger partial charge on any atom is 0.325 e. The van der Waals surface area contributed by atoms with E-state index in [4.69, 9.17) is 5.73 Å². The smallest absolute Gasteiger partial charge is 0.325 e. The summed E-state index contributed by atoms with van der Waals surface area (Å²) in [5.74, 6) is 0.246. The van der Waals surface area contributed by atoms with Crippen LogP contribution in [0.15, 0.2) is 24.3 Å². The van der Waals surface area contributed by atoms with Crippen molar-refractivity contribution >= 4 is 11.9 Å². The minimum absolute atomic E-state index is 0.188. The molecule has 3 N–H and O–H groups in total. The Kier molecular flexibility index (Phi) is 4.86. The van der Waals surface area contributed by atoms with Crippen LogP contribution in [0, 0.1) is 0 Å². The third-order valence-electron chi connectivity index (χ3n) is 4.27. The molecule has 2 rings (SSSR count). The molecule has 0 bridgehead atoms. The van der Waals surface area contributed by atoms with Gasteiger partial charge in [0.25, 0.3) is 5.91 Å². The molecule has 120 valence electrons. The highest BCUT2D eigenvalue weighted by atomic mass is 16.2. The predicted octanol–water partition coefficient (Wildman–Crippen LogP) is 2.32. The number of rotatable bonds is 6. The fourth-order valence-corrected chi connectivity index (χ4v) is 2.71. The molecule has 0 spiro atoms. The van der Waals surface area contributed by atoms with Crippen LogP contribution in [0.4, 0.5) is 4.79 Å². The molecule has 0 aromatic heterocycles. The summed E-state index contributed by atoms with van der Waals surface area (Å²) in [4.78, 5) is 26.1. The van der Waals surface area contributed by atoms with E-state index in [1.54, 1.807) is 6.92 Å². The Hall–Kier alpha value is -1.88. The molecular weight excluding hydrogens is 278 g/mol. The third kappa shape index (κ3) is 2.99. The molecule has 1 aliphatic rings. The number of carbonyl (C=O) groups is 2. The number of unbranched alkanes of at least 4 members (excludes halogenated alkanes) is 1. The summed E-state index contributed by atoms with van der Waals surface area (Å²) in [6, 6.07) is 7.56. The first-order valence-electron chi connectivity index (χ1n) is 7.84. The highest BCUT2D eigenvalue weighted by Gasteiger charge is 2.48. The molecule has 1 fully saturated rings. The lowest BCUT2D eigenvalue weighted by Gasteiger charge is -2.23. The SMILES string of the molecule is CC(C)c1ccc(C2(C)NC(=O)N(CCCCN)C2=O)cc1. The van der Waals surface area contributed by atoms with Crippen LogP contribution in [0.5, 0.6) is 0 Å². The van der Waals surface area contributed by atoms with Crippen LogP contribution in [0.3, 0.4) is 0 Å². The number of carbonyl (C=O) groups excluding carboxylic acids is 2. The number of nitrogens with one attached hydrogen (secondary N) is 1. The van der Waals surface area contributed by atoms with Crippen molar-refractivity contribution in [3.63, 3.8) is 0 Å². The van der Waals surface area contributed by atoms with Gasteiger partial charge in [0.2, 0.25) is 0 Å². The van der Waals surface area contributed by atoms with Gasteiger partial charge in [-0.2, -0.15) is 0 Å². The zero-order valence-corrected chi connectivity index (χ0v) is 13.6. The fraction of sp³-hybridized carbons (Fsp3) is 0.529. The van der Waals surface area contributed by atoms with Gasteiger partial charge >= 0.3 is 6.03 Å². The minimum Gasteiger partial charge on any atom is -0.330 e. The minimum atomic E-state index is -0.977. The van der Waals surface area contributed by atoms with E-state index in [1.807, 2.05) is 24.3 Å². The van der Waals surface area contributed by atoms with Gasteiger partial charge in [0.1, 0.15) is 5.54 Å². The summed E-state index contributed by atoms with van der Waals surface area (Å²) < 4.78 is 0. The first-order chi connectivity index (χ1) is 10.4. The van der Waals surface area contributed by atoms with E-state index in [-0.39, 0.29) is 11.9 Å². The Morgan fingerprint density at radius 3 is 2.36 bits per heavy atom. The van der Waals surface area contributed by atoms with Crippen molar-refractivity contribution in [3.05, 3.63) is 35.4 Å². The number of hydrogen-bond acceptors (Lipinski definition) is 3. The van der Waals surface area contributed by atoms with Crippen LogP contribution in [0.1, 0.15) is 50.7 Å². The van der Waals surface area contributed by atoms with Gasteiger partial charge in [-0.3, -0.25) is 9.69 Å². The summed E-state index contributed by atoms with van der Waals surface area (Å²) in [6.45, 7) is 7.00. The van der Waals surface area contributed by atoms with Crippen molar-refractivity contribution in [3.8, 4) is 0 Å². The second kappa shape index (κ2) is 6.48. The fourth-order valence-electron chi connectivity index (χ4n) is 2.71. The third-order valence-corrected chi connectivity index (χ3v) is 4.27. The van der Waals surface area contributed by atoms with E-state index in [9.17, 15) is 9.59 Å². The number of amides is 3. The Balaban J connectivity index is 2.19. The van der Waals surface area contributed by atoms with Crippen LogP contribution >= 0.6 is 0 Å². The largest absolute Gasteiger partial charge is 0.330 e. The average Bonchev–Trinajstić information content (AvgIpc) is 2.71. The monoisotopic (exact) mass is 303 g/mol. The normalized spacial score (nSPS) is 21.6. The second-order valence-electron chi connectivity index (χ2n) is 6.28. The molecule has 1 heterocycles. The van der Waals surface area contributed by atoms with Gasteiger partial charge in [0.15, 0.2) is 0 Å². The number of nitrogens with zero attached hydrogens (tertiary/aromatic N) is 1. The molecule has 1 aliphatic heterocycles. The van der Waals surface area contributed by atoms with Gasteiger partial charge in [-0.05, 0) is 43.4 Å². The van der Waals surface area contributed by atoms with Crippen molar-refractivity contribution in [2.24, 2.45) is 5.73 Å². The number of nitrogens with two attached hydrogens (primary N) is 1. The highest BCUT2D eigenvalue weighted by molar-refractivity contribution is 6.07. The molecule has 5 heteroatoms. The summed E-state index contributed by atoms with van der Waals surface area (Å²) >= 11 is 0. The lowest BCUT2D eigenvalue weighted by atomic mass is 9.90. The van der Waals surface area contributed by atoms with E-state index in [1.165, 1.54) is 10.5 Å².